The molecular weight excluding hydrogens is 116 g/mol. The summed E-state index contributed by atoms with van der Waals surface area (Å²) in [7, 11) is 0. The summed E-state index contributed by atoms with van der Waals surface area (Å²) in [6.07, 6.45) is 5.01. The van der Waals surface area contributed by atoms with E-state index >= 15 is 0 Å². The number of aliphatic hydroxyl groups excluding tert-OH is 2. The van der Waals surface area contributed by atoms with Crippen molar-refractivity contribution in [1.29, 1.82) is 0 Å². The van der Waals surface area contributed by atoms with Crippen LogP contribution >= 0.6 is 0 Å². The molecule has 0 aromatic heterocycles. The van der Waals surface area contributed by atoms with Crippen LogP contribution in [-0.4, -0.2) is 22.9 Å². The molecule has 0 spiro atoms. The third kappa shape index (κ3) is 1.80. The SMILES string of the molecule is OCC1CC=CC(O)C1. The Kier molecular flexibility index (Phi) is 2.25. The molecule has 1 rings (SSSR count). The predicted octanol–water partition coefficient (Wildman–Crippen LogP) is 0.306. The van der Waals surface area contributed by atoms with E-state index in [1.807, 2.05) is 6.08 Å². The van der Waals surface area contributed by atoms with Gasteiger partial charge in [0.25, 0.3) is 0 Å². The minimum atomic E-state index is -0.323. The molecule has 0 amide bonds. The van der Waals surface area contributed by atoms with Crippen LogP contribution < -0.4 is 0 Å². The Bertz CT molecular complexity index is 109. The quantitative estimate of drug-likeness (QED) is 0.499. The van der Waals surface area contributed by atoms with Crippen molar-refractivity contribution in [2.24, 2.45) is 5.92 Å². The average Bonchev–Trinajstić information content (AvgIpc) is 1.88. The van der Waals surface area contributed by atoms with Gasteiger partial charge in [-0.15, -0.1) is 0 Å². The smallest absolute Gasteiger partial charge is 0.0724 e. The summed E-state index contributed by atoms with van der Waals surface area (Å²) in [5, 5.41) is 17.7. The summed E-state index contributed by atoms with van der Waals surface area (Å²) in [4.78, 5) is 0. The van der Waals surface area contributed by atoms with Crippen LogP contribution in [0.25, 0.3) is 0 Å². The minimum absolute atomic E-state index is 0.196. The summed E-state index contributed by atoms with van der Waals surface area (Å²) in [6, 6.07) is 0. The third-order valence-corrected chi connectivity index (χ3v) is 1.66. The molecule has 0 saturated carbocycles. The maximum atomic E-state index is 9.01. The van der Waals surface area contributed by atoms with Crippen LogP contribution in [0.15, 0.2) is 12.2 Å². The lowest BCUT2D eigenvalue weighted by molar-refractivity contribution is 0.139. The van der Waals surface area contributed by atoms with E-state index in [9.17, 15) is 0 Å². The first-order chi connectivity index (χ1) is 4.33. The summed E-state index contributed by atoms with van der Waals surface area (Å²) in [5.74, 6) is 0.282. The largest absolute Gasteiger partial charge is 0.396 e. The van der Waals surface area contributed by atoms with Gasteiger partial charge in [0.15, 0.2) is 0 Å². The van der Waals surface area contributed by atoms with Crippen molar-refractivity contribution in [1.82, 2.24) is 0 Å². The second kappa shape index (κ2) is 2.99. The lowest BCUT2D eigenvalue weighted by Gasteiger charge is -2.18. The number of allylic oxidation sites excluding steroid dienone is 1. The topological polar surface area (TPSA) is 40.5 Å². The average molecular weight is 128 g/mol. The van der Waals surface area contributed by atoms with Crippen LogP contribution in [0.4, 0.5) is 0 Å². The van der Waals surface area contributed by atoms with Gasteiger partial charge in [0.2, 0.25) is 0 Å². The van der Waals surface area contributed by atoms with Crippen molar-refractivity contribution < 1.29 is 10.2 Å². The molecule has 0 saturated heterocycles. The molecule has 0 aliphatic heterocycles. The Morgan fingerprint density at radius 3 is 2.78 bits per heavy atom. The zero-order valence-electron chi connectivity index (χ0n) is 5.33. The van der Waals surface area contributed by atoms with Gasteiger partial charge in [-0.1, -0.05) is 12.2 Å². The molecule has 52 valence electrons. The fourth-order valence-electron chi connectivity index (χ4n) is 1.09. The second-order valence-corrected chi connectivity index (χ2v) is 2.52. The van der Waals surface area contributed by atoms with Crippen molar-refractivity contribution in [2.75, 3.05) is 6.61 Å². The molecule has 2 heteroatoms. The van der Waals surface area contributed by atoms with Crippen LogP contribution in [0.3, 0.4) is 0 Å². The van der Waals surface area contributed by atoms with E-state index in [2.05, 4.69) is 0 Å². The normalized spacial score (nSPS) is 34.9. The molecule has 0 aromatic rings. The molecule has 2 nitrogen and oxygen atoms in total. The lowest BCUT2D eigenvalue weighted by atomic mass is 9.94. The monoisotopic (exact) mass is 128 g/mol. The van der Waals surface area contributed by atoms with Crippen molar-refractivity contribution in [3.8, 4) is 0 Å². The lowest BCUT2D eigenvalue weighted by Crippen LogP contribution is -2.17. The highest BCUT2D eigenvalue weighted by Gasteiger charge is 2.13. The van der Waals surface area contributed by atoms with Crippen LogP contribution in [0.2, 0.25) is 0 Å². The Morgan fingerprint density at radius 2 is 2.33 bits per heavy atom. The van der Waals surface area contributed by atoms with E-state index in [0.717, 1.165) is 6.42 Å². The highest BCUT2D eigenvalue weighted by molar-refractivity contribution is 4.96. The molecule has 2 unspecified atom stereocenters. The molecule has 1 aliphatic carbocycles. The van der Waals surface area contributed by atoms with E-state index in [4.69, 9.17) is 10.2 Å². The number of rotatable bonds is 1. The molecule has 2 N–H and O–H groups in total. The first-order valence-electron chi connectivity index (χ1n) is 3.28. The van der Waals surface area contributed by atoms with Gasteiger partial charge < -0.3 is 10.2 Å². The highest BCUT2D eigenvalue weighted by Crippen LogP contribution is 2.17. The van der Waals surface area contributed by atoms with Crippen LogP contribution in [0, 0.1) is 5.92 Å². The van der Waals surface area contributed by atoms with E-state index in [0.29, 0.717) is 6.42 Å². The van der Waals surface area contributed by atoms with Gasteiger partial charge >= 0.3 is 0 Å². The highest BCUT2D eigenvalue weighted by atomic mass is 16.3. The van der Waals surface area contributed by atoms with Gasteiger partial charge in [-0.2, -0.15) is 0 Å². The van der Waals surface area contributed by atoms with Crippen LogP contribution in [-0.2, 0) is 0 Å². The second-order valence-electron chi connectivity index (χ2n) is 2.52. The molecule has 0 fully saturated rings. The molecule has 9 heavy (non-hydrogen) atoms. The van der Waals surface area contributed by atoms with Crippen molar-refractivity contribution in [3.63, 3.8) is 0 Å². The third-order valence-electron chi connectivity index (χ3n) is 1.66. The Hall–Kier alpha value is -0.340. The van der Waals surface area contributed by atoms with E-state index in [1.165, 1.54) is 0 Å². The molecule has 0 bridgehead atoms. The zero-order valence-corrected chi connectivity index (χ0v) is 5.33. The molecule has 2 atom stereocenters. The van der Waals surface area contributed by atoms with Gasteiger partial charge in [0.1, 0.15) is 0 Å². The van der Waals surface area contributed by atoms with E-state index in [1.54, 1.807) is 6.08 Å². The van der Waals surface area contributed by atoms with Gasteiger partial charge in [0, 0.05) is 6.61 Å². The zero-order chi connectivity index (χ0) is 6.69. The summed E-state index contributed by atoms with van der Waals surface area (Å²) < 4.78 is 0. The Balaban J connectivity index is 2.38. The Labute approximate surface area is 54.8 Å². The van der Waals surface area contributed by atoms with E-state index < -0.39 is 0 Å². The summed E-state index contributed by atoms with van der Waals surface area (Å²) >= 11 is 0. The van der Waals surface area contributed by atoms with Crippen LogP contribution in [0.1, 0.15) is 12.8 Å². The number of hydrogen-bond donors (Lipinski definition) is 2. The summed E-state index contributed by atoms with van der Waals surface area (Å²) in [6.45, 7) is 0.196. The fraction of sp³-hybridized carbons (Fsp3) is 0.714. The summed E-state index contributed by atoms with van der Waals surface area (Å²) in [5.41, 5.74) is 0. The van der Waals surface area contributed by atoms with Crippen molar-refractivity contribution in [2.45, 2.75) is 18.9 Å². The predicted molar refractivity (Wildman–Crippen MR) is 35.0 cm³/mol. The van der Waals surface area contributed by atoms with Gasteiger partial charge in [-0.05, 0) is 18.8 Å². The van der Waals surface area contributed by atoms with Crippen molar-refractivity contribution in [3.05, 3.63) is 12.2 Å². The molecule has 1 aliphatic rings. The number of hydrogen-bond acceptors (Lipinski definition) is 2. The first-order valence-corrected chi connectivity index (χ1v) is 3.28. The van der Waals surface area contributed by atoms with Crippen LogP contribution in [0.5, 0.6) is 0 Å². The van der Waals surface area contributed by atoms with Gasteiger partial charge in [0.05, 0.1) is 6.10 Å². The molecular formula is C7H12O2. The van der Waals surface area contributed by atoms with E-state index in [-0.39, 0.29) is 18.6 Å². The molecule has 0 heterocycles. The van der Waals surface area contributed by atoms with Crippen molar-refractivity contribution >= 4 is 0 Å². The number of aliphatic hydroxyl groups is 2. The first kappa shape index (κ1) is 6.78. The van der Waals surface area contributed by atoms with Gasteiger partial charge in [-0.25, -0.2) is 0 Å². The Morgan fingerprint density at radius 1 is 1.56 bits per heavy atom. The standard InChI is InChI=1S/C7H12O2/c8-5-6-2-1-3-7(9)4-6/h1,3,6-9H,2,4-5H2. The maximum Gasteiger partial charge on any atom is 0.0724 e. The fourth-order valence-corrected chi connectivity index (χ4v) is 1.09. The minimum Gasteiger partial charge on any atom is -0.396 e. The molecule has 0 radical (unpaired) electrons. The van der Waals surface area contributed by atoms with Gasteiger partial charge in [-0.3, -0.25) is 0 Å². The molecule has 0 aromatic carbocycles. The maximum absolute atomic E-state index is 9.01.